The van der Waals surface area contributed by atoms with E-state index in [9.17, 15) is 19.2 Å². The molecule has 38 heavy (non-hydrogen) atoms. The van der Waals surface area contributed by atoms with Crippen LogP contribution in [0.1, 0.15) is 21.6 Å². The zero-order chi connectivity index (χ0) is 27.2. The highest BCUT2D eigenvalue weighted by atomic mass is 35.5. The summed E-state index contributed by atoms with van der Waals surface area (Å²) in [6, 6.07) is 21.6. The van der Waals surface area contributed by atoms with Crippen molar-refractivity contribution in [3.8, 4) is 11.4 Å². The number of amides is 2. The Kier molecular flexibility index (Phi) is 7.83. The standard InChI is InChI=1S/C27H22ClN5O5/c1-17-23(26(36)33(32(17)2)21-11-4-3-5-12-21)30-24(34)25(35)31-29-16-18-8-6-13-22(14-18)38-27(37)19-9-7-10-20(28)15-19/h3-16H,1-2H3,(H,30,34)(H,31,35). The number of anilines is 1. The van der Waals surface area contributed by atoms with Gasteiger partial charge in [-0.3, -0.25) is 19.1 Å². The van der Waals surface area contributed by atoms with Crippen molar-refractivity contribution in [2.24, 2.45) is 12.1 Å². The molecule has 0 spiro atoms. The normalized spacial score (nSPS) is 10.8. The Morgan fingerprint density at radius 1 is 0.947 bits per heavy atom. The number of nitrogens with zero attached hydrogens (tertiary/aromatic N) is 3. The van der Waals surface area contributed by atoms with E-state index in [1.54, 1.807) is 79.3 Å². The van der Waals surface area contributed by atoms with E-state index in [1.165, 1.54) is 23.0 Å². The molecule has 10 nitrogen and oxygen atoms in total. The molecule has 192 valence electrons. The predicted molar refractivity (Wildman–Crippen MR) is 143 cm³/mol. The number of rotatable bonds is 6. The number of hydrogen-bond donors (Lipinski definition) is 2. The van der Waals surface area contributed by atoms with Gasteiger partial charge in [-0.25, -0.2) is 14.9 Å². The Morgan fingerprint density at radius 2 is 1.68 bits per heavy atom. The number of benzene rings is 3. The summed E-state index contributed by atoms with van der Waals surface area (Å²) in [5, 5.41) is 6.55. The lowest BCUT2D eigenvalue weighted by Crippen LogP contribution is -2.34. The van der Waals surface area contributed by atoms with Gasteiger partial charge in [-0.15, -0.1) is 0 Å². The van der Waals surface area contributed by atoms with E-state index < -0.39 is 23.3 Å². The summed E-state index contributed by atoms with van der Waals surface area (Å²) in [7, 11) is 1.67. The largest absolute Gasteiger partial charge is 0.423 e. The third-order valence-electron chi connectivity index (χ3n) is 5.51. The molecule has 0 saturated heterocycles. The Morgan fingerprint density at radius 3 is 2.42 bits per heavy atom. The van der Waals surface area contributed by atoms with E-state index in [4.69, 9.17) is 16.3 Å². The summed E-state index contributed by atoms with van der Waals surface area (Å²) >= 11 is 5.91. The van der Waals surface area contributed by atoms with E-state index in [1.807, 2.05) is 6.07 Å². The lowest BCUT2D eigenvalue weighted by molar-refractivity contribution is -0.136. The van der Waals surface area contributed by atoms with Gasteiger partial charge in [0.15, 0.2) is 0 Å². The van der Waals surface area contributed by atoms with E-state index in [-0.39, 0.29) is 11.4 Å². The molecule has 3 aromatic carbocycles. The van der Waals surface area contributed by atoms with Gasteiger partial charge in [0.05, 0.1) is 23.2 Å². The van der Waals surface area contributed by atoms with Crippen molar-refractivity contribution in [3.63, 3.8) is 0 Å². The molecule has 0 aliphatic rings. The molecule has 0 aliphatic carbocycles. The first-order valence-corrected chi connectivity index (χ1v) is 11.7. The number of carbonyl (C=O) groups is 3. The molecule has 0 bridgehead atoms. The smallest absolute Gasteiger partial charge is 0.343 e. The highest BCUT2D eigenvalue weighted by Crippen LogP contribution is 2.17. The Bertz CT molecular complexity index is 1610. The van der Waals surface area contributed by atoms with Gasteiger partial charge in [-0.1, -0.05) is 48.0 Å². The second-order valence-corrected chi connectivity index (χ2v) is 8.50. The van der Waals surface area contributed by atoms with Crippen molar-refractivity contribution in [2.45, 2.75) is 6.92 Å². The molecule has 0 fully saturated rings. The quantitative estimate of drug-likeness (QED) is 0.130. The fraction of sp³-hybridized carbons (Fsp3) is 0.0741. The van der Waals surface area contributed by atoms with Crippen LogP contribution >= 0.6 is 11.6 Å². The van der Waals surface area contributed by atoms with Gasteiger partial charge in [-0.05, 0) is 55.0 Å². The van der Waals surface area contributed by atoms with Crippen LogP contribution in [0, 0.1) is 6.92 Å². The zero-order valence-electron chi connectivity index (χ0n) is 20.3. The second-order valence-electron chi connectivity index (χ2n) is 8.06. The number of aromatic nitrogens is 2. The predicted octanol–water partition coefficient (Wildman–Crippen LogP) is 3.45. The lowest BCUT2D eigenvalue weighted by atomic mass is 10.2. The van der Waals surface area contributed by atoms with Gasteiger partial charge in [0.25, 0.3) is 5.56 Å². The summed E-state index contributed by atoms with van der Waals surface area (Å²) in [6.07, 6.45) is 1.28. The molecule has 0 saturated carbocycles. The summed E-state index contributed by atoms with van der Waals surface area (Å²) < 4.78 is 8.31. The van der Waals surface area contributed by atoms with Gasteiger partial charge < -0.3 is 10.1 Å². The van der Waals surface area contributed by atoms with Crippen molar-refractivity contribution in [1.29, 1.82) is 0 Å². The topological polar surface area (TPSA) is 124 Å². The molecule has 1 heterocycles. The number of hydrogen-bond acceptors (Lipinski definition) is 6. The third kappa shape index (κ3) is 5.88. The van der Waals surface area contributed by atoms with Crippen LogP contribution in [0.5, 0.6) is 5.75 Å². The average Bonchev–Trinajstić information content (AvgIpc) is 3.12. The molecular formula is C27H22ClN5O5. The van der Waals surface area contributed by atoms with Crippen LogP contribution < -0.4 is 21.0 Å². The van der Waals surface area contributed by atoms with Crippen LogP contribution in [-0.2, 0) is 16.6 Å². The van der Waals surface area contributed by atoms with Crippen LogP contribution in [0.15, 0.2) is 88.8 Å². The fourth-order valence-corrected chi connectivity index (χ4v) is 3.73. The zero-order valence-corrected chi connectivity index (χ0v) is 21.1. The molecule has 0 unspecified atom stereocenters. The molecule has 2 amide bonds. The van der Waals surface area contributed by atoms with Gasteiger partial charge in [0.2, 0.25) is 0 Å². The first-order valence-electron chi connectivity index (χ1n) is 11.3. The second kappa shape index (κ2) is 11.4. The third-order valence-corrected chi connectivity index (χ3v) is 5.74. The molecule has 1 aromatic heterocycles. The number of nitrogens with one attached hydrogen (secondary N) is 2. The Hall–Kier alpha value is -4.96. The van der Waals surface area contributed by atoms with Gasteiger partial charge in [0.1, 0.15) is 11.4 Å². The monoisotopic (exact) mass is 531 g/mol. The number of hydrazone groups is 1. The number of carbonyl (C=O) groups excluding carboxylic acids is 3. The van der Waals surface area contributed by atoms with Crippen LogP contribution in [0.2, 0.25) is 5.02 Å². The minimum atomic E-state index is -1.07. The van der Waals surface area contributed by atoms with Crippen LogP contribution in [-0.4, -0.2) is 33.4 Å². The highest BCUT2D eigenvalue weighted by molar-refractivity contribution is 6.39. The minimum absolute atomic E-state index is 0.0188. The summed E-state index contributed by atoms with van der Waals surface area (Å²) in [5.74, 6) is -2.47. The van der Waals surface area contributed by atoms with Crippen molar-refractivity contribution >= 4 is 41.3 Å². The molecule has 2 N–H and O–H groups in total. The van der Waals surface area contributed by atoms with E-state index in [2.05, 4.69) is 15.8 Å². The molecule has 4 rings (SSSR count). The van der Waals surface area contributed by atoms with Crippen molar-refractivity contribution in [1.82, 2.24) is 14.8 Å². The Balaban J connectivity index is 1.39. The highest BCUT2D eigenvalue weighted by Gasteiger charge is 2.21. The van der Waals surface area contributed by atoms with Gasteiger partial charge in [-0.2, -0.15) is 5.10 Å². The van der Waals surface area contributed by atoms with E-state index >= 15 is 0 Å². The van der Waals surface area contributed by atoms with E-state index in [0.29, 0.717) is 27.5 Å². The number of ether oxygens (including phenoxy) is 1. The maximum Gasteiger partial charge on any atom is 0.343 e. The number of halogens is 1. The van der Waals surface area contributed by atoms with Gasteiger partial charge >= 0.3 is 17.8 Å². The van der Waals surface area contributed by atoms with Crippen LogP contribution in [0.25, 0.3) is 5.69 Å². The number of para-hydroxylation sites is 1. The van der Waals surface area contributed by atoms with Crippen molar-refractivity contribution in [3.05, 3.63) is 111 Å². The SMILES string of the molecule is Cc1c(NC(=O)C(=O)NN=Cc2cccc(OC(=O)c3cccc(Cl)c3)c2)c(=O)n(-c2ccccc2)n1C. The first kappa shape index (κ1) is 26.1. The summed E-state index contributed by atoms with van der Waals surface area (Å²) in [4.78, 5) is 49.9. The molecule has 0 atom stereocenters. The van der Waals surface area contributed by atoms with Gasteiger partial charge in [0, 0.05) is 12.1 Å². The molecule has 11 heteroatoms. The average molecular weight is 532 g/mol. The Labute approximate surface area is 222 Å². The van der Waals surface area contributed by atoms with Crippen LogP contribution in [0.4, 0.5) is 5.69 Å². The van der Waals surface area contributed by atoms with Crippen molar-refractivity contribution < 1.29 is 19.1 Å². The van der Waals surface area contributed by atoms with E-state index in [0.717, 1.165) is 0 Å². The number of esters is 1. The first-order chi connectivity index (χ1) is 18.2. The lowest BCUT2D eigenvalue weighted by Gasteiger charge is -2.07. The molecule has 0 aliphatic heterocycles. The molecule has 4 aromatic rings. The van der Waals surface area contributed by atoms with Crippen molar-refractivity contribution in [2.75, 3.05) is 5.32 Å². The summed E-state index contributed by atoms with van der Waals surface area (Å²) in [5.41, 5.74) is 3.47. The maximum absolute atomic E-state index is 12.9. The summed E-state index contributed by atoms with van der Waals surface area (Å²) in [6.45, 7) is 1.65. The molecular weight excluding hydrogens is 510 g/mol. The minimum Gasteiger partial charge on any atom is -0.423 e. The maximum atomic E-state index is 12.9. The molecule has 0 radical (unpaired) electrons. The fourth-order valence-electron chi connectivity index (χ4n) is 3.54. The van der Waals surface area contributed by atoms with Crippen LogP contribution in [0.3, 0.4) is 0 Å².